The summed E-state index contributed by atoms with van der Waals surface area (Å²) in [5.74, 6) is 16.4. The molecule has 5 aliphatic rings. The van der Waals surface area contributed by atoms with Crippen LogP contribution in [0.25, 0.3) is 53.9 Å². The van der Waals surface area contributed by atoms with E-state index in [9.17, 15) is 26.3 Å². The van der Waals surface area contributed by atoms with Crippen molar-refractivity contribution in [3.05, 3.63) is 182 Å². The summed E-state index contributed by atoms with van der Waals surface area (Å²) in [7, 11) is 5.04. The molecule has 0 radical (unpaired) electrons. The Morgan fingerprint density at radius 2 is 0.471 bits per heavy atom. The number of fused-ring (bicyclic) bond motifs is 5. The summed E-state index contributed by atoms with van der Waals surface area (Å²) >= 11 is 0. The maximum Gasteiger partial charge on any atom is 0.422 e. The first-order chi connectivity index (χ1) is 49.4. The predicted octanol–water partition coefficient (Wildman–Crippen LogP) is 21.9. The molecule has 5 saturated heterocycles. The first kappa shape index (κ1) is 76.9. The number of hydrogen-bond acceptors (Lipinski definition) is 7. The zero-order chi connectivity index (χ0) is 71.5. The number of methoxy groups -OCH3 is 2. The summed E-state index contributed by atoms with van der Waals surface area (Å²) in [6.45, 7) is 4.42. The van der Waals surface area contributed by atoms with Crippen molar-refractivity contribution in [3.8, 4) is 28.7 Å². The van der Waals surface area contributed by atoms with E-state index in [0.717, 1.165) is 38.8 Å². The van der Waals surface area contributed by atoms with Gasteiger partial charge in [0.25, 0.3) is 0 Å². The van der Waals surface area contributed by atoms with Gasteiger partial charge in [-0.2, -0.15) is 26.3 Å². The molecule has 0 aliphatic carbocycles. The molecule has 0 saturated carbocycles. The summed E-state index contributed by atoms with van der Waals surface area (Å²) in [6, 6.07) is 61.5. The van der Waals surface area contributed by atoms with E-state index in [4.69, 9.17) is 33.2 Å². The van der Waals surface area contributed by atoms with E-state index in [-0.39, 0.29) is 27.4 Å². The Balaban J connectivity index is 0.000000128. The topological polar surface area (TPSA) is 64.6 Å². The van der Waals surface area contributed by atoms with E-state index in [1.54, 1.807) is 31.2 Å². The Hall–Kier alpha value is -6.25. The van der Waals surface area contributed by atoms with Crippen molar-refractivity contribution in [2.45, 2.75) is 140 Å². The van der Waals surface area contributed by atoms with Gasteiger partial charge in [-0.1, -0.05) is 91.0 Å². The number of halogens is 6. The van der Waals surface area contributed by atoms with Crippen LogP contribution < -0.4 is 23.7 Å². The van der Waals surface area contributed by atoms with Gasteiger partial charge in [-0.05, 0) is 189 Å². The summed E-state index contributed by atoms with van der Waals surface area (Å²) in [5.41, 5.74) is -0.153. The highest BCUT2D eigenvalue weighted by atomic mass is 32.2. The van der Waals surface area contributed by atoms with Crippen LogP contribution in [0.4, 0.5) is 26.3 Å². The second kappa shape index (κ2) is 37.1. The SMILES string of the molecule is CC(C)(C)Oc1ccc([S+]2CCCC2)c2ccccc12.COCOc1ccc([S+]2CCCC2)c2ccccc12.COCOc1ccc([S+]2CCCCC2)c2ccccc12.FC(F)(F)COc1ccc([S+]2CCCC2)c2ccccc12.FC(F)(F)COc1ccc([S+]2CCCCC2)c2ccccc12. The molecular formula is C84H97F6O7S5+5. The van der Waals surface area contributed by atoms with Crippen molar-refractivity contribution in [1.29, 1.82) is 0 Å². The van der Waals surface area contributed by atoms with Crippen LogP contribution in [0, 0.1) is 0 Å². The third-order valence-electron chi connectivity index (χ3n) is 18.3. The standard InChI is InChI=1S/C18H23OS.C17H18F3OS.C17H21O2S.C16H16F3OS.C16H19O2S/c1-18(2,3)19-16-10-11-17(20-12-6-7-13-20)15-9-5-4-8-14(15)16;18-17(19,20)12-21-15-8-9-16(22-10-4-1-5-11-22)14-7-3-2-6-13(14)15;1-18-13-19-16-9-10-17(20-11-5-2-6-12-20)15-8-4-3-7-14(15)16;17-16(18,19)11-20-14-7-8-15(21-9-3-4-10-21)13-6-2-1-5-12(13)14;1-17-12-18-15-8-9-16(19-10-4-5-11-19)14-7-3-2-6-13(14)15/h4-5,8-11H,6-7,12-13H2,1-3H3;2-3,6-9H,1,4-5,10-12H2;3-4,7-10H,2,5-6,11-13H2,1H3;1-2,5-8H,3-4,9-11H2;2-3,6-9H,4-5,10-12H2,1H3/q5*+1. The Bertz CT molecular complexity index is 4310. The average molecular weight is 1490 g/mol. The fourth-order valence-electron chi connectivity index (χ4n) is 13.7. The highest BCUT2D eigenvalue weighted by molar-refractivity contribution is 7.98. The average Bonchev–Trinajstić information content (AvgIpc) is 1.17. The number of benzene rings is 10. The first-order valence-corrected chi connectivity index (χ1v) is 43.5. The van der Waals surface area contributed by atoms with Gasteiger partial charge in [0.05, 0.1) is 0 Å². The molecule has 0 bridgehead atoms. The van der Waals surface area contributed by atoms with Gasteiger partial charge in [0.1, 0.15) is 91.9 Å². The number of ether oxygens (including phenoxy) is 7. The normalized spacial score (nSPS) is 16.5. The molecule has 542 valence electrons. The molecule has 5 aliphatic heterocycles. The van der Waals surface area contributed by atoms with Crippen molar-refractivity contribution >= 4 is 108 Å². The quantitative estimate of drug-likeness (QED) is 0.0542. The molecule has 102 heavy (non-hydrogen) atoms. The van der Waals surface area contributed by atoms with E-state index >= 15 is 0 Å². The van der Waals surface area contributed by atoms with Gasteiger partial charge >= 0.3 is 12.4 Å². The smallest absolute Gasteiger partial charge is 0.422 e. The van der Waals surface area contributed by atoms with E-state index in [1.165, 1.54) is 186 Å². The van der Waals surface area contributed by atoms with Gasteiger partial charge in [-0.25, -0.2) is 0 Å². The van der Waals surface area contributed by atoms with Gasteiger partial charge < -0.3 is 33.2 Å². The van der Waals surface area contributed by atoms with Gasteiger partial charge in [-0.15, -0.1) is 0 Å². The van der Waals surface area contributed by atoms with E-state index in [2.05, 4.69) is 130 Å². The molecule has 5 fully saturated rings. The Kier molecular flexibility index (Phi) is 28.0. The summed E-state index contributed by atoms with van der Waals surface area (Å²) in [6.07, 6.45) is 7.29. The molecule has 7 nitrogen and oxygen atoms in total. The van der Waals surface area contributed by atoms with Crippen LogP contribution in [-0.2, 0) is 63.9 Å². The van der Waals surface area contributed by atoms with Crippen molar-refractivity contribution in [1.82, 2.24) is 0 Å². The second-order valence-corrected chi connectivity index (χ2v) is 38.1. The fraction of sp³-hybridized carbons (Fsp3) is 0.405. The zero-order valence-electron chi connectivity index (χ0n) is 59.4. The minimum absolute atomic E-state index is 0.153. The minimum atomic E-state index is -4.31. The molecule has 18 heteroatoms. The van der Waals surface area contributed by atoms with Gasteiger partial charge in [0.2, 0.25) is 0 Å². The van der Waals surface area contributed by atoms with Crippen LogP contribution in [0.2, 0.25) is 0 Å². The third-order valence-corrected chi connectivity index (χ3v) is 31.0. The molecule has 15 rings (SSSR count). The molecule has 10 aromatic carbocycles. The molecule has 0 atom stereocenters. The molecule has 0 spiro atoms. The maximum atomic E-state index is 12.4. The molecule has 0 amide bonds. The monoisotopic (exact) mass is 1490 g/mol. The molecule has 10 aromatic rings. The van der Waals surface area contributed by atoms with Gasteiger partial charge in [0.15, 0.2) is 51.3 Å². The lowest BCUT2D eigenvalue weighted by Gasteiger charge is -2.22. The zero-order valence-corrected chi connectivity index (χ0v) is 63.5. The molecule has 5 heterocycles. The lowest BCUT2D eigenvalue weighted by molar-refractivity contribution is -0.153. The summed E-state index contributed by atoms with van der Waals surface area (Å²) in [5, 5.41) is 11.4. The Morgan fingerprint density at radius 1 is 0.265 bits per heavy atom. The van der Waals surface area contributed by atoms with Crippen LogP contribution in [-0.4, -0.2) is 117 Å². The highest BCUT2D eigenvalue weighted by Gasteiger charge is 2.35. The Morgan fingerprint density at radius 3 is 0.696 bits per heavy atom. The number of alkyl halides is 6. The van der Waals surface area contributed by atoms with Gasteiger partial charge in [0, 0.05) is 123 Å². The summed E-state index contributed by atoms with van der Waals surface area (Å²) < 4.78 is 112. The molecule has 0 aromatic heterocycles. The molecule has 0 N–H and O–H groups in total. The van der Waals surface area contributed by atoms with Gasteiger partial charge in [-0.3, -0.25) is 0 Å². The van der Waals surface area contributed by atoms with Crippen molar-refractivity contribution in [3.63, 3.8) is 0 Å². The van der Waals surface area contributed by atoms with E-state index < -0.39 is 25.6 Å². The van der Waals surface area contributed by atoms with Crippen molar-refractivity contribution < 1.29 is 59.5 Å². The number of hydrogen-bond donors (Lipinski definition) is 0. The van der Waals surface area contributed by atoms with Crippen LogP contribution in [0.5, 0.6) is 28.7 Å². The van der Waals surface area contributed by atoms with Crippen LogP contribution >= 0.6 is 0 Å². The van der Waals surface area contributed by atoms with E-state index in [0.29, 0.717) is 57.8 Å². The lowest BCUT2D eigenvalue weighted by atomic mass is 10.1. The van der Waals surface area contributed by atoms with Crippen LogP contribution in [0.3, 0.4) is 0 Å². The summed E-state index contributed by atoms with van der Waals surface area (Å²) in [4.78, 5) is 7.11. The highest BCUT2D eigenvalue weighted by Crippen LogP contribution is 2.41. The fourth-order valence-corrected chi connectivity index (χ4v) is 26.2. The molecule has 0 unspecified atom stereocenters. The van der Waals surface area contributed by atoms with Crippen molar-refractivity contribution in [2.75, 3.05) is 98.5 Å². The second-order valence-electron chi connectivity index (χ2n) is 26.9. The van der Waals surface area contributed by atoms with Crippen LogP contribution in [0.1, 0.15) is 97.8 Å². The van der Waals surface area contributed by atoms with E-state index in [1.807, 2.05) is 60.7 Å². The third kappa shape index (κ3) is 21.0. The lowest BCUT2D eigenvalue weighted by Crippen LogP contribution is -2.23. The first-order valence-electron chi connectivity index (χ1n) is 35.7. The Labute approximate surface area is 613 Å². The predicted molar refractivity (Wildman–Crippen MR) is 420 cm³/mol. The van der Waals surface area contributed by atoms with Crippen LogP contribution in [0.15, 0.2) is 206 Å². The maximum absolute atomic E-state index is 12.4. The van der Waals surface area contributed by atoms with Crippen molar-refractivity contribution in [2.24, 2.45) is 0 Å². The minimum Gasteiger partial charge on any atom is -0.488 e. The number of rotatable bonds is 16. The molecular weight excluding hydrogens is 1400 g/mol. The largest absolute Gasteiger partial charge is 0.488 e.